The summed E-state index contributed by atoms with van der Waals surface area (Å²) in [4.78, 5) is 38.6. The average molecular weight is 433 g/mol. The summed E-state index contributed by atoms with van der Waals surface area (Å²) in [5.74, 6) is -0.0920. The lowest BCUT2D eigenvalue weighted by Crippen LogP contribution is -2.55. The van der Waals surface area contributed by atoms with E-state index in [4.69, 9.17) is 0 Å². The van der Waals surface area contributed by atoms with Crippen molar-refractivity contribution in [3.05, 3.63) is 35.9 Å². The van der Waals surface area contributed by atoms with Gasteiger partial charge in [0.05, 0.1) is 6.54 Å². The molecular formula is C23H36N4O4. The van der Waals surface area contributed by atoms with Crippen LogP contribution in [0.15, 0.2) is 30.3 Å². The molecule has 0 aromatic heterocycles. The minimum absolute atomic E-state index is 0.00615. The zero-order valence-corrected chi connectivity index (χ0v) is 18.7. The van der Waals surface area contributed by atoms with Crippen LogP contribution >= 0.6 is 0 Å². The lowest BCUT2D eigenvalue weighted by molar-refractivity contribution is -0.127. The van der Waals surface area contributed by atoms with E-state index in [2.05, 4.69) is 29.8 Å². The summed E-state index contributed by atoms with van der Waals surface area (Å²) in [7, 11) is 0. The van der Waals surface area contributed by atoms with Crippen LogP contribution in [-0.4, -0.2) is 66.2 Å². The second kappa shape index (κ2) is 12.3. The van der Waals surface area contributed by atoms with Gasteiger partial charge in [-0.3, -0.25) is 9.59 Å². The second-order valence-corrected chi connectivity index (χ2v) is 8.70. The van der Waals surface area contributed by atoms with Crippen molar-refractivity contribution in [1.29, 1.82) is 0 Å². The normalized spacial score (nSPS) is 22.2. The molecule has 1 aliphatic heterocycles. The van der Waals surface area contributed by atoms with Gasteiger partial charge in [-0.05, 0) is 24.3 Å². The van der Waals surface area contributed by atoms with Crippen LogP contribution in [0.4, 0.5) is 4.79 Å². The standard InChI is InChI=1S/C23H36N4O4/c1-18(2)11-14-27-17-23(31,15-19-7-4-3-5-8-19)16-26-21(29)10-9-20(28)24-12-6-13-25-22(27)30/h3-5,7-8,18,31H,6,9-17H2,1-2H3,(H,24,28)(H,25,30)(H,26,29). The first kappa shape index (κ1) is 24.7. The SMILES string of the molecule is CC(C)CCN1CC(O)(Cc2ccccc2)CNC(=O)CCC(=O)NCCCNC1=O. The zero-order valence-electron chi connectivity index (χ0n) is 18.7. The fourth-order valence-corrected chi connectivity index (χ4v) is 3.46. The fraction of sp³-hybridized carbons (Fsp3) is 0.609. The molecule has 1 atom stereocenters. The number of nitrogens with zero attached hydrogens (tertiary/aromatic N) is 1. The van der Waals surface area contributed by atoms with Crippen molar-refractivity contribution in [2.75, 3.05) is 32.7 Å². The van der Waals surface area contributed by atoms with E-state index < -0.39 is 5.60 Å². The van der Waals surface area contributed by atoms with Gasteiger partial charge in [0.25, 0.3) is 0 Å². The molecule has 1 aliphatic rings. The summed E-state index contributed by atoms with van der Waals surface area (Å²) < 4.78 is 0. The Morgan fingerprint density at radius 2 is 1.65 bits per heavy atom. The molecule has 1 aromatic carbocycles. The van der Waals surface area contributed by atoms with Crippen molar-refractivity contribution in [3.8, 4) is 0 Å². The van der Waals surface area contributed by atoms with E-state index in [1.54, 1.807) is 4.90 Å². The molecule has 1 unspecified atom stereocenters. The molecule has 0 aliphatic carbocycles. The van der Waals surface area contributed by atoms with Crippen LogP contribution in [0.5, 0.6) is 0 Å². The summed E-state index contributed by atoms with van der Waals surface area (Å²) in [6.45, 7) is 5.63. The number of amides is 4. The Bertz CT molecular complexity index is 726. The summed E-state index contributed by atoms with van der Waals surface area (Å²) in [5, 5.41) is 19.9. The number of nitrogens with one attached hydrogen (secondary N) is 3. The molecule has 1 aromatic rings. The van der Waals surface area contributed by atoms with Gasteiger partial charge in [0.1, 0.15) is 5.60 Å². The number of carbonyl (C=O) groups is 3. The van der Waals surface area contributed by atoms with Crippen molar-refractivity contribution in [1.82, 2.24) is 20.9 Å². The number of rotatable bonds is 5. The third kappa shape index (κ3) is 9.38. The molecule has 0 bridgehead atoms. The average Bonchev–Trinajstić information content (AvgIpc) is 2.73. The van der Waals surface area contributed by atoms with Gasteiger partial charge >= 0.3 is 6.03 Å². The molecule has 8 nitrogen and oxygen atoms in total. The van der Waals surface area contributed by atoms with Crippen molar-refractivity contribution in [3.63, 3.8) is 0 Å². The van der Waals surface area contributed by atoms with Crippen LogP contribution in [-0.2, 0) is 16.0 Å². The molecule has 4 N–H and O–H groups in total. The van der Waals surface area contributed by atoms with Crippen LogP contribution in [0, 0.1) is 5.92 Å². The Kier molecular flexibility index (Phi) is 9.78. The lowest BCUT2D eigenvalue weighted by Gasteiger charge is -2.35. The molecule has 31 heavy (non-hydrogen) atoms. The minimum atomic E-state index is -1.34. The highest BCUT2D eigenvalue weighted by molar-refractivity contribution is 5.83. The van der Waals surface area contributed by atoms with E-state index in [0.29, 0.717) is 38.4 Å². The Labute approximate surface area is 184 Å². The van der Waals surface area contributed by atoms with Crippen LogP contribution < -0.4 is 16.0 Å². The molecule has 0 saturated carbocycles. The summed E-state index contributed by atoms with van der Waals surface area (Å²) in [5.41, 5.74) is -0.422. The van der Waals surface area contributed by atoms with E-state index in [9.17, 15) is 19.5 Å². The van der Waals surface area contributed by atoms with E-state index in [0.717, 1.165) is 12.0 Å². The molecule has 2 rings (SSSR count). The maximum Gasteiger partial charge on any atom is 0.317 e. The first-order valence-corrected chi connectivity index (χ1v) is 11.1. The number of β-amino-alcohol motifs (C(OH)–C–C–N with tert-alkyl or cyclic N) is 1. The molecule has 0 spiro atoms. The van der Waals surface area contributed by atoms with Gasteiger partial charge in [-0.1, -0.05) is 44.2 Å². The molecule has 8 heteroatoms. The van der Waals surface area contributed by atoms with Gasteiger partial charge in [-0.15, -0.1) is 0 Å². The molecule has 1 saturated heterocycles. The predicted octanol–water partition coefficient (Wildman–Crippen LogP) is 1.43. The van der Waals surface area contributed by atoms with Crippen molar-refractivity contribution >= 4 is 17.8 Å². The monoisotopic (exact) mass is 432 g/mol. The number of aliphatic hydroxyl groups is 1. The van der Waals surface area contributed by atoms with E-state index in [-0.39, 0.29) is 43.8 Å². The molecule has 4 amide bonds. The first-order valence-electron chi connectivity index (χ1n) is 11.1. The van der Waals surface area contributed by atoms with Crippen LogP contribution in [0.25, 0.3) is 0 Å². The number of benzene rings is 1. The van der Waals surface area contributed by atoms with Crippen molar-refractivity contribution < 1.29 is 19.5 Å². The number of hydrogen-bond acceptors (Lipinski definition) is 4. The summed E-state index contributed by atoms with van der Waals surface area (Å²) in [6, 6.07) is 9.27. The third-order valence-electron chi connectivity index (χ3n) is 5.27. The van der Waals surface area contributed by atoms with Crippen molar-refractivity contribution in [2.24, 2.45) is 5.92 Å². The van der Waals surface area contributed by atoms with Gasteiger partial charge in [0.2, 0.25) is 11.8 Å². The Balaban J connectivity index is 2.22. The topological polar surface area (TPSA) is 111 Å². The van der Waals surface area contributed by atoms with E-state index in [1.807, 2.05) is 30.3 Å². The van der Waals surface area contributed by atoms with Gasteiger partial charge in [-0.2, -0.15) is 0 Å². The molecule has 0 radical (unpaired) electrons. The maximum atomic E-state index is 12.9. The largest absolute Gasteiger partial charge is 0.386 e. The van der Waals surface area contributed by atoms with Crippen LogP contribution in [0.2, 0.25) is 0 Å². The lowest BCUT2D eigenvalue weighted by atomic mass is 9.93. The molecule has 1 fully saturated rings. The van der Waals surface area contributed by atoms with Gasteiger partial charge in [0, 0.05) is 45.4 Å². The highest BCUT2D eigenvalue weighted by Crippen LogP contribution is 2.17. The highest BCUT2D eigenvalue weighted by atomic mass is 16.3. The fourth-order valence-electron chi connectivity index (χ4n) is 3.46. The first-order chi connectivity index (χ1) is 14.8. The molecular weight excluding hydrogens is 396 g/mol. The van der Waals surface area contributed by atoms with Gasteiger partial charge in [-0.25, -0.2) is 4.79 Å². The highest BCUT2D eigenvalue weighted by Gasteiger charge is 2.32. The predicted molar refractivity (Wildman–Crippen MR) is 119 cm³/mol. The van der Waals surface area contributed by atoms with Crippen molar-refractivity contribution in [2.45, 2.75) is 51.6 Å². The number of carbonyl (C=O) groups excluding carboxylic acids is 3. The van der Waals surface area contributed by atoms with Gasteiger partial charge < -0.3 is 26.0 Å². The summed E-state index contributed by atoms with van der Waals surface area (Å²) in [6.07, 6.45) is 1.84. The Morgan fingerprint density at radius 1 is 1.00 bits per heavy atom. The maximum absolute atomic E-state index is 12.9. The van der Waals surface area contributed by atoms with Gasteiger partial charge in [0.15, 0.2) is 0 Å². The number of urea groups is 1. The molecule has 1 heterocycles. The Morgan fingerprint density at radius 3 is 2.32 bits per heavy atom. The third-order valence-corrected chi connectivity index (χ3v) is 5.27. The second-order valence-electron chi connectivity index (χ2n) is 8.70. The summed E-state index contributed by atoms with van der Waals surface area (Å²) >= 11 is 0. The molecule has 172 valence electrons. The quantitative estimate of drug-likeness (QED) is 0.564. The van der Waals surface area contributed by atoms with Crippen LogP contribution in [0.1, 0.15) is 45.1 Å². The van der Waals surface area contributed by atoms with Crippen LogP contribution in [0.3, 0.4) is 0 Å². The zero-order chi connectivity index (χ0) is 22.7. The van der Waals surface area contributed by atoms with E-state index >= 15 is 0 Å². The minimum Gasteiger partial charge on any atom is -0.386 e. The smallest absolute Gasteiger partial charge is 0.317 e. The Hall–Kier alpha value is -2.61. The van der Waals surface area contributed by atoms with E-state index in [1.165, 1.54) is 0 Å². The number of hydrogen-bond donors (Lipinski definition) is 4.